The first-order valence-corrected chi connectivity index (χ1v) is 12.4. The van der Waals surface area contributed by atoms with Gasteiger partial charge in [-0.25, -0.2) is 4.98 Å². The molecule has 1 aromatic carbocycles. The molecule has 0 bridgehead atoms. The van der Waals surface area contributed by atoms with E-state index in [4.69, 9.17) is 11.6 Å². The van der Waals surface area contributed by atoms with Crippen molar-refractivity contribution in [3.63, 3.8) is 0 Å². The number of hydrogen-bond acceptors (Lipinski definition) is 7. The van der Waals surface area contributed by atoms with E-state index in [-0.39, 0.29) is 17.2 Å². The van der Waals surface area contributed by atoms with Crippen LogP contribution >= 0.6 is 22.9 Å². The first-order chi connectivity index (χ1) is 17.2. The second kappa shape index (κ2) is 9.52. The van der Waals surface area contributed by atoms with Crippen molar-refractivity contribution in [3.05, 3.63) is 50.6 Å². The zero-order valence-electron chi connectivity index (χ0n) is 19.2. The van der Waals surface area contributed by atoms with Gasteiger partial charge >= 0.3 is 5.97 Å². The fourth-order valence-corrected chi connectivity index (χ4v) is 5.77. The van der Waals surface area contributed by atoms with Gasteiger partial charge in [-0.3, -0.25) is 19.2 Å². The average Bonchev–Trinajstić information content (AvgIpc) is 3.50. The Balaban J connectivity index is 1.35. The number of nitrogens with one attached hydrogen (secondary N) is 3. The van der Waals surface area contributed by atoms with Crippen LogP contribution in [0.15, 0.2) is 24.3 Å². The number of amides is 3. The first-order valence-electron chi connectivity index (χ1n) is 11.3. The monoisotopic (exact) mass is 530 g/mol. The van der Waals surface area contributed by atoms with Crippen LogP contribution in [0.3, 0.4) is 0 Å². The molecule has 1 saturated heterocycles. The Labute approximate surface area is 214 Å². The van der Waals surface area contributed by atoms with Gasteiger partial charge in [0.25, 0.3) is 11.8 Å². The predicted octanol–water partition coefficient (Wildman–Crippen LogP) is 1.09. The van der Waals surface area contributed by atoms with E-state index in [2.05, 4.69) is 25.5 Å². The Morgan fingerprint density at radius 3 is 2.83 bits per heavy atom. The number of carbonyl (C=O) groups excluding carboxylic acids is 3. The molecule has 2 aliphatic heterocycles. The van der Waals surface area contributed by atoms with Crippen LogP contribution in [0.5, 0.6) is 0 Å². The highest BCUT2D eigenvalue weighted by Gasteiger charge is 2.43. The van der Waals surface area contributed by atoms with Crippen molar-refractivity contribution in [2.75, 3.05) is 26.7 Å². The van der Waals surface area contributed by atoms with E-state index in [9.17, 15) is 24.3 Å². The number of H-pyrrole nitrogens is 1. The highest BCUT2D eigenvalue weighted by Crippen LogP contribution is 2.25. The first kappa shape index (κ1) is 24.2. The molecule has 2 unspecified atom stereocenters. The van der Waals surface area contributed by atoms with Crippen molar-refractivity contribution in [2.24, 2.45) is 0 Å². The van der Waals surface area contributed by atoms with Crippen LogP contribution in [0.1, 0.15) is 30.9 Å². The van der Waals surface area contributed by atoms with Crippen molar-refractivity contribution in [1.82, 2.24) is 30.4 Å². The number of thiazole rings is 1. The number of likely N-dealkylation sites (N-methyl/N-ethyl adjacent to an activating group) is 1. The Morgan fingerprint density at radius 2 is 2.06 bits per heavy atom. The maximum absolute atomic E-state index is 13.0. The number of carbonyl (C=O) groups is 4. The normalized spacial score (nSPS) is 19.9. The summed E-state index contributed by atoms with van der Waals surface area (Å²) in [6.07, 6.45) is 0.748. The summed E-state index contributed by atoms with van der Waals surface area (Å²) in [5.41, 5.74) is 1.79. The summed E-state index contributed by atoms with van der Waals surface area (Å²) in [5.74, 6) is -2.81. The molecular weight excluding hydrogens is 508 g/mol. The van der Waals surface area contributed by atoms with Crippen LogP contribution in [-0.2, 0) is 22.6 Å². The predicted molar refractivity (Wildman–Crippen MR) is 132 cm³/mol. The number of nitrogens with zero attached hydrogens (tertiary/aromatic N) is 3. The van der Waals surface area contributed by atoms with Crippen LogP contribution < -0.4 is 10.6 Å². The Hall–Kier alpha value is -3.48. The highest BCUT2D eigenvalue weighted by atomic mass is 35.5. The third-order valence-electron chi connectivity index (χ3n) is 6.27. The van der Waals surface area contributed by atoms with Crippen molar-refractivity contribution < 1.29 is 24.3 Å². The maximum atomic E-state index is 13.0. The van der Waals surface area contributed by atoms with Gasteiger partial charge in [0.05, 0.1) is 11.7 Å². The number of fused-ring (bicyclic) bond motifs is 2. The molecule has 2 atom stereocenters. The van der Waals surface area contributed by atoms with Gasteiger partial charge in [-0.15, -0.1) is 11.3 Å². The molecule has 0 aliphatic carbocycles. The molecule has 3 aromatic rings. The zero-order chi connectivity index (χ0) is 25.6. The van der Waals surface area contributed by atoms with Crippen molar-refractivity contribution in [3.8, 4) is 0 Å². The highest BCUT2D eigenvalue weighted by molar-refractivity contribution is 7.13. The van der Waals surface area contributed by atoms with Gasteiger partial charge in [0.1, 0.15) is 18.3 Å². The van der Waals surface area contributed by atoms with Gasteiger partial charge in [0.2, 0.25) is 5.91 Å². The molecule has 1 fully saturated rings. The van der Waals surface area contributed by atoms with E-state index in [1.165, 1.54) is 11.3 Å². The van der Waals surface area contributed by atoms with E-state index in [1.807, 2.05) is 7.05 Å². The number of likely N-dealkylation sites (tertiary alicyclic amines) is 1. The molecule has 0 spiro atoms. The SMILES string of the molecule is CN1CCc2nc(C(=O)NC3CN(CC(=O)O)C(=O)C3NC(=O)c3cc4cc(Cl)ccc4[nH]3)sc2C1. The molecule has 5 rings (SSSR count). The molecule has 4 heterocycles. The lowest BCUT2D eigenvalue weighted by atomic mass is 10.1. The number of aromatic amines is 1. The fraction of sp³-hybridized carbons (Fsp3) is 0.348. The number of benzene rings is 1. The summed E-state index contributed by atoms with van der Waals surface area (Å²) in [6, 6.07) is 4.75. The van der Waals surface area contributed by atoms with Crippen LogP contribution in [0.25, 0.3) is 10.9 Å². The minimum absolute atomic E-state index is 0.0576. The van der Waals surface area contributed by atoms with Gasteiger partial charge < -0.3 is 30.5 Å². The van der Waals surface area contributed by atoms with Crippen LogP contribution in [0.4, 0.5) is 0 Å². The van der Waals surface area contributed by atoms with E-state index in [0.717, 1.165) is 33.8 Å². The summed E-state index contributed by atoms with van der Waals surface area (Å²) in [4.78, 5) is 62.0. The molecule has 13 heteroatoms. The lowest BCUT2D eigenvalue weighted by molar-refractivity contribution is -0.143. The fourth-order valence-electron chi connectivity index (χ4n) is 4.49. The molecule has 3 amide bonds. The molecule has 4 N–H and O–H groups in total. The second-order valence-electron chi connectivity index (χ2n) is 8.93. The van der Waals surface area contributed by atoms with Gasteiger partial charge in [-0.05, 0) is 31.3 Å². The summed E-state index contributed by atoms with van der Waals surface area (Å²) in [5, 5.41) is 16.2. The Kier molecular flexibility index (Phi) is 6.41. The molecule has 0 radical (unpaired) electrons. The molecule has 2 aliphatic rings. The third-order valence-corrected chi connectivity index (χ3v) is 7.59. The van der Waals surface area contributed by atoms with Crippen molar-refractivity contribution >= 4 is 57.5 Å². The van der Waals surface area contributed by atoms with Gasteiger partial charge in [0, 0.05) is 46.9 Å². The van der Waals surface area contributed by atoms with E-state index < -0.39 is 42.3 Å². The topological polar surface area (TPSA) is 148 Å². The number of carboxylic acid groups (broad SMARTS) is 1. The number of rotatable bonds is 6. The summed E-state index contributed by atoms with van der Waals surface area (Å²) in [7, 11) is 2.00. The molecule has 36 heavy (non-hydrogen) atoms. The Morgan fingerprint density at radius 1 is 1.25 bits per heavy atom. The number of aliphatic carboxylic acids is 1. The number of halogens is 1. The zero-order valence-corrected chi connectivity index (χ0v) is 20.8. The molecular formula is C23H23ClN6O5S. The van der Waals surface area contributed by atoms with Gasteiger partial charge in [-0.1, -0.05) is 11.6 Å². The van der Waals surface area contributed by atoms with Crippen LogP contribution in [0, 0.1) is 0 Å². The van der Waals surface area contributed by atoms with Crippen LogP contribution in [0.2, 0.25) is 5.02 Å². The molecule has 188 valence electrons. The van der Waals surface area contributed by atoms with Gasteiger partial charge in [-0.2, -0.15) is 0 Å². The van der Waals surface area contributed by atoms with Crippen molar-refractivity contribution in [2.45, 2.75) is 25.0 Å². The van der Waals surface area contributed by atoms with E-state index >= 15 is 0 Å². The summed E-state index contributed by atoms with van der Waals surface area (Å²) >= 11 is 7.32. The van der Waals surface area contributed by atoms with Gasteiger partial charge in [0.15, 0.2) is 5.01 Å². The lowest BCUT2D eigenvalue weighted by Gasteiger charge is -2.20. The number of aromatic nitrogens is 2. The van der Waals surface area contributed by atoms with Crippen LogP contribution in [-0.4, -0.2) is 87.3 Å². The van der Waals surface area contributed by atoms with E-state index in [0.29, 0.717) is 17.1 Å². The standard InChI is InChI=1S/C23H23ClN6O5S/c1-29-5-4-14-17(9-29)36-22(27-14)21(34)26-16-8-30(10-18(31)32)23(35)19(16)28-20(33)15-7-11-6-12(24)2-3-13(11)25-15/h2-3,6-7,16,19,25H,4-5,8-10H2,1H3,(H,26,34)(H,28,33)(H,31,32). The number of carboxylic acids is 1. The minimum atomic E-state index is -1.19. The average molecular weight is 531 g/mol. The Bertz CT molecular complexity index is 1390. The van der Waals surface area contributed by atoms with E-state index in [1.54, 1.807) is 24.3 Å². The molecule has 11 nitrogen and oxygen atoms in total. The molecule has 0 saturated carbocycles. The largest absolute Gasteiger partial charge is 0.480 e. The summed E-state index contributed by atoms with van der Waals surface area (Å²) in [6.45, 7) is 0.967. The quantitative estimate of drug-likeness (QED) is 0.373. The second-order valence-corrected chi connectivity index (χ2v) is 10.5. The molecule has 2 aromatic heterocycles. The summed E-state index contributed by atoms with van der Waals surface area (Å²) < 4.78 is 0. The van der Waals surface area contributed by atoms with Crippen molar-refractivity contribution in [1.29, 1.82) is 0 Å². The lowest BCUT2D eigenvalue weighted by Crippen LogP contribution is -2.52. The minimum Gasteiger partial charge on any atom is -0.480 e. The maximum Gasteiger partial charge on any atom is 0.323 e. The third kappa shape index (κ3) is 4.79. The smallest absolute Gasteiger partial charge is 0.323 e. The number of hydrogen-bond donors (Lipinski definition) is 4.